The van der Waals surface area contributed by atoms with Gasteiger partial charge in [0.2, 0.25) is 0 Å². The molecule has 0 saturated carbocycles. The first-order valence-electron chi connectivity index (χ1n) is 3.92. The lowest BCUT2D eigenvalue weighted by Crippen LogP contribution is -2.03. The summed E-state index contributed by atoms with van der Waals surface area (Å²) in [6.45, 7) is 1.63. The summed E-state index contributed by atoms with van der Waals surface area (Å²) in [7, 11) is 1.38. The molecule has 0 spiro atoms. The monoisotopic (exact) mass is 191 g/mol. The summed E-state index contributed by atoms with van der Waals surface area (Å²) in [6.07, 6.45) is 0. The number of aromatic carboxylic acids is 1. The molecule has 0 heterocycles. The highest BCUT2D eigenvalue weighted by molar-refractivity contribution is 5.92. The van der Waals surface area contributed by atoms with Crippen molar-refractivity contribution in [3.8, 4) is 11.8 Å². The lowest BCUT2D eigenvalue weighted by Gasteiger charge is -2.07. The van der Waals surface area contributed by atoms with Crippen molar-refractivity contribution < 1.29 is 14.6 Å². The number of nitrogens with zero attached hydrogens (tertiary/aromatic N) is 1. The van der Waals surface area contributed by atoms with Gasteiger partial charge in [0.15, 0.2) is 0 Å². The molecule has 0 aliphatic carbocycles. The molecule has 0 atom stereocenters. The minimum absolute atomic E-state index is 0.103. The van der Waals surface area contributed by atoms with Crippen molar-refractivity contribution in [2.75, 3.05) is 7.11 Å². The number of methoxy groups -OCH3 is 1. The van der Waals surface area contributed by atoms with Crippen LogP contribution in [0, 0.1) is 18.3 Å². The molecule has 1 N–H and O–H groups in total. The van der Waals surface area contributed by atoms with E-state index in [1.165, 1.54) is 19.2 Å². The third kappa shape index (κ3) is 1.67. The first-order valence-corrected chi connectivity index (χ1v) is 3.92. The van der Waals surface area contributed by atoms with Crippen LogP contribution in [-0.4, -0.2) is 18.2 Å². The maximum atomic E-state index is 10.8. The van der Waals surface area contributed by atoms with E-state index in [0.29, 0.717) is 11.1 Å². The molecule has 0 bridgehead atoms. The van der Waals surface area contributed by atoms with Gasteiger partial charge in [-0.15, -0.1) is 0 Å². The molecule has 0 fully saturated rings. The Bertz CT molecular complexity index is 418. The van der Waals surface area contributed by atoms with Crippen molar-refractivity contribution in [2.45, 2.75) is 6.92 Å². The number of rotatable bonds is 2. The Morgan fingerprint density at radius 2 is 2.21 bits per heavy atom. The quantitative estimate of drug-likeness (QED) is 0.770. The van der Waals surface area contributed by atoms with Crippen LogP contribution in [0.2, 0.25) is 0 Å². The van der Waals surface area contributed by atoms with Crippen molar-refractivity contribution in [1.82, 2.24) is 0 Å². The van der Waals surface area contributed by atoms with E-state index in [-0.39, 0.29) is 11.3 Å². The van der Waals surface area contributed by atoms with Crippen LogP contribution in [0.15, 0.2) is 12.1 Å². The number of nitriles is 1. The van der Waals surface area contributed by atoms with Gasteiger partial charge in [-0.1, -0.05) is 0 Å². The Morgan fingerprint density at radius 3 is 2.64 bits per heavy atom. The number of hydrogen-bond acceptors (Lipinski definition) is 3. The topological polar surface area (TPSA) is 70.3 Å². The molecule has 1 rings (SSSR count). The fourth-order valence-electron chi connectivity index (χ4n) is 1.25. The minimum Gasteiger partial charge on any atom is -0.496 e. The van der Waals surface area contributed by atoms with Crippen LogP contribution in [0.4, 0.5) is 0 Å². The van der Waals surface area contributed by atoms with Gasteiger partial charge in [-0.2, -0.15) is 5.26 Å². The fourth-order valence-corrected chi connectivity index (χ4v) is 1.25. The highest BCUT2D eigenvalue weighted by atomic mass is 16.5. The van der Waals surface area contributed by atoms with E-state index in [9.17, 15) is 4.79 Å². The van der Waals surface area contributed by atoms with Crippen molar-refractivity contribution in [2.24, 2.45) is 0 Å². The molecular weight excluding hydrogens is 182 g/mol. The van der Waals surface area contributed by atoms with E-state index in [0.717, 1.165) is 0 Å². The lowest BCUT2D eigenvalue weighted by atomic mass is 10.0. The molecule has 1 aromatic rings. The largest absolute Gasteiger partial charge is 0.496 e. The maximum Gasteiger partial charge on any atom is 0.339 e. The zero-order valence-electron chi connectivity index (χ0n) is 7.87. The standard InChI is InChI=1S/C10H9NO3/c1-6-3-7(5-11)4-8(14-2)9(6)10(12)13/h3-4H,1-2H3,(H,12,13). The van der Waals surface area contributed by atoms with E-state index in [1.54, 1.807) is 6.92 Å². The van der Waals surface area contributed by atoms with Gasteiger partial charge < -0.3 is 9.84 Å². The fraction of sp³-hybridized carbons (Fsp3) is 0.200. The summed E-state index contributed by atoms with van der Waals surface area (Å²) in [6, 6.07) is 4.87. The maximum absolute atomic E-state index is 10.8. The Kier molecular flexibility index (Phi) is 2.73. The van der Waals surface area contributed by atoms with Crippen molar-refractivity contribution in [3.63, 3.8) is 0 Å². The minimum atomic E-state index is -1.05. The van der Waals surface area contributed by atoms with E-state index in [1.807, 2.05) is 6.07 Å². The van der Waals surface area contributed by atoms with Gasteiger partial charge in [-0.05, 0) is 24.6 Å². The molecule has 0 unspecified atom stereocenters. The normalized spacial score (nSPS) is 9.21. The van der Waals surface area contributed by atoms with E-state index >= 15 is 0 Å². The molecule has 0 aromatic heterocycles. The van der Waals surface area contributed by atoms with Gasteiger partial charge in [0.05, 0.1) is 18.7 Å². The van der Waals surface area contributed by atoms with E-state index in [2.05, 4.69) is 0 Å². The summed E-state index contributed by atoms with van der Waals surface area (Å²) >= 11 is 0. The van der Waals surface area contributed by atoms with Gasteiger partial charge in [0.25, 0.3) is 0 Å². The van der Waals surface area contributed by atoms with Crippen molar-refractivity contribution >= 4 is 5.97 Å². The molecule has 0 radical (unpaired) electrons. The number of aryl methyl sites for hydroxylation is 1. The zero-order chi connectivity index (χ0) is 10.7. The molecule has 0 aliphatic heterocycles. The third-order valence-corrected chi connectivity index (χ3v) is 1.86. The van der Waals surface area contributed by atoms with Crippen LogP contribution in [0.3, 0.4) is 0 Å². The Hall–Kier alpha value is -2.02. The average molecular weight is 191 g/mol. The van der Waals surface area contributed by atoms with Gasteiger partial charge in [-0.3, -0.25) is 0 Å². The summed E-state index contributed by atoms with van der Waals surface area (Å²) in [5, 5.41) is 17.5. The number of carbonyl (C=O) groups is 1. The Balaban J connectivity index is 3.44. The van der Waals surface area contributed by atoms with Gasteiger partial charge in [-0.25, -0.2) is 4.79 Å². The smallest absolute Gasteiger partial charge is 0.339 e. The number of ether oxygens (including phenoxy) is 1. The first-order chi connectivity index (χ1) is 6.60. The van der Waals surface area contributed by atoms with Crippen molar-refractivity contribution in [3.05, 3.63) is 28.8 Å². The predicted molar refractivity (Wildman–Crippen MR) is 49.4 cm³/mol. The molecule has 72 valence electrons. The highest BCUT2D eigenvalue weighted by Crippen LogP contribution is 2.23. The number of benzene rings is 1. The van der Waals surface area contributed by atoms with Crippen LogP contribution in [0.5, 0.6) is 5.75 Å². The molecule has 4 nitrogen and oxygen atoms in total. The summed E-state index contributed by atoms with van der Waals surface area (Å²) in [5.41, 5.74) is 1.02. The molecule has 0 aliphatic rings. The molecule has 0 amide bonds. The van der Waals surface area contributed by atoms with Gasteiger partial charge in [0, 0.05) is 0 Å². The molecular formula is C10H9NO3. The highest BCUT2D eigenvalue weighted by Gasteiger charge is 2.15. The number of hydrogen-bond donors (Lipinski definition) is 1. The van der Waals surface area contributed by atoms with Crippen molar-refractivity contribution in [1.29, 1.82) is 5.26 Å². The zero-order valence-corrected chi connectivity index (χ0v) is 7.87. The van der Waals surface area contributed by atoms with E-state index < -0.39 is 5.97 Å². The van der Waals surface area contributed by atoms with Crippen LogP contribution in [0.25, 0.3) is 0 Å². The average Bonchev–Trinajstić information content (AvgIpc) is 2.15. The van der Waals surface area contributed by atoms with Crippen LogP contribution in [0.1, 0.15) is 21.5 Å². The van der Waals surface area contributed by atoms with E-state index in [4.69, 9.17) is 15.1 Å². The molecule has 14 heavy (non-hydrogen) atoms. The second-order valence-electron chi connectivity index (χ2n) is 2.79. The Labute approximate surface area is 81.4 Å². The molecule has 1 aromatic carbocycles. The molecule has 0 saturated heterocycles. The third-order valence-electron chi connectivity index (χ3n) is 1.86. The lowest BCUT2D eigenvalue weighted by molar-refractivity contribution is 0.0692. The Morgan fingerprint density at radius 1 is 1.57 bits per heavy atom. The first kappa shape index (κ1) is 10.1. The van der Waals surface area contributed by atoms with Crippen LogP contribution >= 0.6 is 0 Å². The second kappa shape index (κ2) is 3.79. The number of carboxylic acids is 1. The van der Waals surface area contributed by atoms with Gasteiger partial charge >= 0.3 is 5.97 Å². The second-order valence-corrected chi connectivity index (χ2v) is 2.79. The van der Waals surface area contributed by atoms with Crippen LogP contribution in [-0.2, 0) is 0 Å². The molecule has 4 heteroatoms. The van der Waals surface area contributed by atoms with Gasteiger partial charge in [0.1, 0.15) is 11.3 Å². The predicted octanol–water partition coefficient (Wildman–Crippen LogP) is 1.57. The summed E-state index contributed by atoms with van der Waals surface area (Å²) < 4.78 is 4.90. The van der Waals surface area contributed by atoms with Crippen LogP contribution < -0.4 is 4.74 Å². The summed E-state index contributed by atoms with van der Waals surface area (Å²) in [4.78, 5) is 10.8. The number of carboxylic acid groups (broad SMARTS) is 1. The summed E-state index contributed by atoms with van der Waals surface area (Å²) in [5.74, 6) is -0.835. The SMILES string of the molecule is COc1cc(C#N)cc(C)c1C(=O)O.